The lowest BCUT2D eigenvalue weighted by Gasteiger charge is -2.28. The number of carbonyl (C=O) groups excluding carboxylic acids is 1. The maximum Gasteiger partial charge on any atom is 0.508 e. The van der Waals surface area contributed by atoms with E-state index in [1.165, 1.54) is 97.0 Å². The van der Waals surface area contributed by atoms with Crippen molar-refractivity contribution in [3.63, 3.8) is 0 Å². The van der Waals surface area contributed by atoms with Gasteiger partial charge in [-0.3, -0.25) is 0 Å². The zero-order chi connectivity index (χ0) is 28.5. The summed E-state index contributed by atoms with van der Waals surface area (Å²) in [7, 11) is 3.22. The van der Waals surface area contributed by atoms with Gasteiger partial charge in [0.05, 0.1) is 48.0 Å². The molecule has 0 aliphatic rings. The fourth-order valence-corrected chi connectivity index (χ4v) is 5.32. The Morgan fingerprint density at radius 2 is 1.24 bits per heavy atom. The van der Waals surface area contributed by atoms with Crippen molar-refractivity contribution in [1.29, 1.82) is 0 Å². The largest absolute Gasteiger partial charge is 0.778 e. The van der Waals surface area contributed by atoms with Crippen molar-refractivity contribution in [3.05, 3.63) is 0 Å². The Kier molecular flexibility index (Phi) is 23.7. The fourth-order valence-electron chi connectivity index (χ4n) is 4.27. The number of methoxy groups -OCH3 is 1. The minimum absolute atomic E-state index is 0.0481. The van der Waals surface area contributed by atoms with E-state index in [9.17, 15) is 14.3 Å². The van der Waals surface area contributed by atoms with Gasteiger partial charge in [-0.2, -0.15) is 0 Å². The van der Waals surface area contributed by atoms with Gasteiger partial charge in [0.1, 0.15) is 7.60 Å². The van der Waals surface area contributed by atoms with Gasteiger partial charge in [0.15, 0.2) is 6.10 Å². The smallest absolute Gasteiger partial charge is 0.508 e. The quantitative estimate of drug-likeness (QED) is 0.0454. The van der Waals surface area contributed by atoms with Crippen molar-refractivity contribution in [1.82, 2.24) is 0 Å². The van der Waals surface area contributed by atoms with Crippen molar-refractivity contribution < 1.29 is 37.5 Å². The minimum atomic E-state index is -4.01. The second-order valence-corrected chi connectivity index (χ2v) is 13.5. The maximum absolute atomic E-state index is 12.2. The van der Waals surface area contributed by atoms with Crippen LogP contribution in [0.3, 0.4) is 0 Å². The van der Waals surface area contributed by atoms with Crippen LogP contribution in [-0.4, -0.2) is 77.5 Å². The first-order chi connectivity index (χ1) is 18.1. The van der Waals surface area contributed by atoms with E-state index in [1.54, 1.807) is 0 Å². The zero-order valence-electron chi connectivity index (χ0n) is 25.4. The van der Waals surface area contributed by atoms with E-state index in [4.69, 9.17) is 14.0 Å². The van der Waals surface area contributed by atoms with Crippen LogP contribution in [0.15, 0.2) is 0 Å². The van der Waals surface area contributed by atoms with Gasteiger partial charge in [0, 0.05) is 19.2 Å². The first-order valence-electron chi connectivity index (χ1n) is 15.2. The predicted octanol–water partition coefficient (Wildman–Crippen LogP) is 7.08. The molecule has 0 fully saturated rings. The molecule has 228 valence electrons. The molecule has 0 N–H and O–H groups in total. The molecule has 2 atom stereocenters. The molecule has 9 heteroatoms. The number of hydrogen-bond acceptors (Lipinski definition) is 7. The number of carbonyl (C=O) groups is 1. The summed E-state index contributed by atoms with van der Waals surface area (Å²) in [5.41, 5.74) is 0. The molecule has 0 rings (SSSR count). The number of rotatable bonds is 27. The lowest BCUT2D eigenvalue weighted by atomic mass is 10.0. The first-order valence-corrected chi connectivity index (χ1v) is 16.9. The van der Waals surface area contributed by atoms with E-state index in [2.05, 4.69) is 11.7 Å². The van der Waals surface area contributed by atoms with Gasteiger partial charge in [-0.25, -0.2) is 4.79 Å². The molecule has 0 aromatic carbocycles. The van der Waals surface area contributed by atoms with Crippen molar-refractivity contribution in [2.75, 3.05) is 60.8 Å². The summed E-state index contributed by atoms with van der Waals surface area (Å²) in [5.74, 6) is 0. The van der Waals surface area contributed by atoms with E-state index in [0.717, 1.165) is 19.4 Å². The molecule has 2 unspecified atom stereocenters. The second kappa shape index (κ2) is 24.2. The molecule has 0 spiro atoms. The van der Waals surface area contributed by atoms with Gasteiger partial charge < -0.3 is 32.7 Å². The molecule has 0 bridgehead atoms. The third-order valence-corrected chi connectivity index (χ3v) is 8.00. The monoisotopic (exact) mass is 565 g/mol. The topological polar surface area (TPSA) is 94.1 Å². The summed E-state index contributed by atoms with van der Waals surface area (Å²) < 4.78 is 33.3. The van der Waals surface area contributed by atoms with Crippen LogP contribution in [0, 0.1) is 0 Å². The van der Waals surface area contributed by atoms with Crippen LogP contribution >= 0.6 is 7.60 Å². The Labute approximate surface area is 234 Å². The molecule has 38 heavy (non-hydrogen) atoms. The number of hydrogen-bond donors (Lipinski definition) is 0. The Hall–Kier alpha value is -0.660. The zero-order valence-corrected chi connectivity index (χ0v) is 26.3. The molecular formula is C29H60NO7P. The van der Waals surface area contributed by atoms with E-state index in [1.807, 2.05) is 21.1 Å². The molecule has 0 radical (unpaired) electrons. The van der Waals surface area contributed by atoms with Crippen LogP contribution in [0.2, 0.25) is 0 Å². The second-order valence-electron chi connectivity index (χ2n) is 11.6. The fraction of sp³-hybridized carbons (Fsp3) is 0.966. The highest BCUT2D eigenvalue weighted by Gasteiger charge is 2.20. The lowest BCUT2D eigenvalue weighted by molar-refractivity contribution is -0.870. The van der Waals surface area contributed by atoms with Crippen molar-refractivity contribution in [2.45, 2.75) is 122 Å². The van der Waals surface area contributed by atoms with Crippen molar-refractivity contribution in [2.24, 2.45) is 0 Å². The molecule has 0 amide bonds. The molecule has 8 nitrogen and oxygen atoms in total. The summed E-state index contributed by atoms with van der Waals surface area (Å²) in [6, 6.07) is 0. The van der Waals surface area contributed by atoms with Gasteiger partial charge in [0.25, 0.3) is 0 Å². The molecule has 0 saturated carbocycles. The highest BCUT2D eigenvalue weighted by atomic mass is 31.2. The van der Waals surface area contributed by atoms with E-state index in [0.29, 0.717) is 17.5 Å². The Balaban J connectivity index is 3.80. The molecule has 0 saturated heterocycles. The first kappa shape index (κ1) is 37.3. The average Bonchev–Trinajstić information content (AvgIpc) is 2.85. The summed E-state index contributed by atoms with van der Waals surface area (Å²) in [6.07, 6.45) is 19.7. The molecule has 0 aliphatic heterocycles. The average molecular weight is 566 g/mol. The van der Waals surface area contributed by atoms with Gasteiger partial charge in [-0.05, 0) is 6.42 Å². The summed E-state index contributed by atoms with van der Waals surface area (Å²) >= 11 is 0. The van der Waals surface area contributed by atoms with Gasteiger partial charge >= 0.3 is 6.16 Å². The highest BCUT2D eigenvalue weighted by molar-refractivity contribution is 7.51. The minimum Gasteiger partial charge on any atom is -0.778 e. The van der Waals surface area contributed by atoms with Crippen LogP contribution < -0.4 is 4.89 Å². The predicted molar refractivity (Wildman–Crippen MR) is 154 cm³/mol. The van der Waals surface area contributed by atoms with Gasteiger partial charge in [-0.1, -0.05) is 103 Å². The van der Waals surface area contributed by atoms with Crippen LogP contribution in [0.4, 0.5) is 4.79 Å². The SMILES string of the molecule is CCCCCCCCCCCCCCCCCCOCC(COP(=O)([O-])CCC[N+](C)(C)C)OC(=O)OC. The number of ether oxygens (including phenoxy) is 3. The van der Waals surface area contributed by atoms with E-state index < -0.39 is 19.9 Å². The Morgan fingerprint density at radius 1 is 0.763 bits per heavy atom. The number of quaternary nitrogens is 1. The van der Waals surface area contributed by atoms with Crippen LogP contribution in [0.25, 0.3) is 0 Å². The molecule has 0 aromatic heterocycles. The van der Waals surface area contributed by atoms with E-state index in [-0.39, 0.29) is 19.4 Å². The Morgan fingerprint density at radius 3 is 1.68 bits per heavy atom. The van der Waals surface area contributed by atoms with Crippen LogP contribution in [0.5, 0.6) is 0 Å². The number of nitrogens with zero attached hydrogens (tertiary/aromatic N) is 1. The maximum atomic E-state index is 12.2. The van der Waals surface area contributed by atoms with Crippen LogP contribution in [0.1, 0.15) is 116 Å². The van der Waals surface area contributed by atoms with Crippen LogP contribution in [-0.2, 0) is 23.3 Å². The van der Waals surface area contributed by atoms with Crippen molar-refractivity contribution >= 4 is 13.8 Å². The lowest BCUT2D eigenvalue weighted by Crippen LogP contribution is -2.36. The van der Waals surface area contributed by atoms with Crippen molar-refractivity contribution in [3.8, 4) is 0 Å². The summed E-state index contributed by atoms with van der Waals surface area (Å²) in [6.45, 7) is 3.34. The highest BCUT2D eigenvalue weighted by Crippen LogP contribution is 2.37. The summed E-state index contributed by atoms with van der Waals surface area (Å²) in [4.78, 5) is 23.7. The summed E-state index contributed by atoms with van der Waals surface area (Å²) in [5, 5.41) is 0. The Bertz CT molecular complexity index is 598. The molecule has 0 heterocycles. The standard InChI is InChI=1S/C29H60NO7P/c1-6-7-8-9-10-11-12-13-14-15-16-17-18-19-20-21-24-35-26-28(37-29(31)34-5)27-36-38(32,33)25-22-23-30(2,3)4/h28H,6-27H2,1-5H3. The normalized spacial score (nSPS) is 14.3. The van der Waals surface area contributed by atoms with Gasteiger partial charge in [-0.15, -0.1) is 0 Å². The molecule has 0 aromatic rings. The number of unbranched alkanes of at least 4 members (excludes halogenated alkanes) is 15. The third kappa shape index (κ3) is 26.9. The molecular weight excluding hydrogens is 505 g/mol. The molecule has 0 aliphatic carbocycles. The van der Waals surface area contributed by atoms with Gasteiger partial charge in [0.2, 0.25) is 0 Å². The van der Waals surface area contributed by atoms with E-state index >= 15 is 0 Å². The third-order valence-electron chi connectivity index (χ3n) is 6.59.